The van der Waals surface area contributed by atoms with Crippen LogP contribution < -0.4 is 4.72 Å². The summed E-state index contributed by atoms with van der Waals surface area (Å²) >= 11 is 1.34. The highest BCUT2D eigenvalue weighted by atomic mass is 32.2. The van der Waals surface area contributed by atoms with Gasteiger partial charge in [0.25, 0.3) is 10.0 Å². The summed E-state index contributed by atoms with van der Waals surface area (Å²) in [7, 11) is -4.78. The van der Waals surface area contributed by atoms with Crippen molar-refractivity contribution in [3.05, 3.63) is 77.4 Å². The van der Waals surface area contributed by atoms with Gasteiger partial charge < -0.3 is 4.98 Å². The van der Waals surface area contributed by atoms with Gasteiger partial charge in [0.2, 0.25) is 0 Å². The topological polar surface area (TPSA) is 101 Å². The van der Waals surface area contributed by atoms with E-state index >= 15 is 4.39 Å². The number of benzene rings is 2. The van der Waals surface area contributed by atoms with Crippen molar-refractivity contribution in [2.45, 2.75) is 31.1 Å². The summed E-state index contributed by atoms with van der Waals surface area (Å²) in [6.45, 7) is 5.90. The number of nitrogens with one attached hydrogen (secondary N) is 2. The van der Waals surface area contributed by atoms with Crippen molar-refractivity contribution >= 4 is 38.1 Å². The van der Waals surface area contributed by atoms with Crippen molar-refractivity contribution in [1.82, 2.24) is 19.9 Å². The Morgan fingerprint density at radius 3 is 2.35 bits per heavy atom. The van der Waals surface area contributed by atoms with Crippen molar-refractivity contribution in [3.8, 4) is 21.8 Å². The second-order valence-electron chi connectivity index (χ2n) is 9.23. The SMILES string of the molecule is CC(C)(C)c1nc(-c2cccc(NS(=O)(=O)c3c(F)cccc3F)c2F)c(-c2ncnc3[nH]ccc23)s1. The molecule has 2 N–H and O–H groups in total. The monoisotopic (exact) mass is 543 g/mol. The van der Waals surface area contributed by atoms with E-state index in [0.29, 0.717) is 26.6 Å². The number of aromatic nitrogens is 4. The molecule has 5 aromatic rings. The lowest BCUT2D eigenvalue weighted by Gasteiger charge is -2.14. The van der Waals surface area contributed by atoms with Crippen LogP contribution in [0.15, 0.2) is 59.9 Å². The third kappa shape index (κ3) is 4.46. The average molecular weight is 544 g/mol. The molecule has 0 aliphatic heterocycles. The van der Waals surface area contributed by atoms with Crippen molar-refractivity contribution < 1.29 is 21.6 Å². The standard InChI is InChI=1S/C25H20F3N5O2S2/c1-25(2,3)24-32-20(21(36-24)19-14-10-11-29-23(14)31-12-30-19)13-6-4-9-17(18(13)28)33-37(34,35)22-15(26)7-5-8-16(22)27/h4-12,33H,1-3H3,(H,29,30,31). The van der Waals surface area contributed by atoms with E-state index < -0.39 is 38.1 Å². The third-order valence-corrected chi connectivity index (χ3v) is 8.43. The molecule has 0 saturated heterocycles. The zero-order valence-corrected chi connectivity index (χ0v) is 21.4. The lowest BCUT2D eigenvalue weighted by atomic mass is 9.98. The molecule has 37 heavy (non-hydrogen) atoms. The van der Waals surface area contributed by atoms with Gasteiger partial charge in [-0.25, -0.2) is 36.5 Å². The van der Waals surface area contributed by atoms with Gasteiger partial charge >= 0.3 is 0 Å². The molecule has 0 aliphatic rings. The number of anilines is 1. The fraction of sp³-hybridized carbons (Fsp3) is 0.160. The summed E-state index contributed by atoms with van der Waals surface area (Å²) in [5.41, 5.74) is 0.527. The Labute approximate surface area is 214 Å². The van der Waals surface area contributed by atoms with E-state index in [1.807, 2.05) is 25.5 Å². The minimum atomic E-state index is -4.78. The van der Waals surface area contributed by atoms with Crippen molar-refractivity contribution in [2.75, 3.05) is 4.72 Å². The molecule has 0 saturated carbocycles. The van der Waals surface area contributed by atoms with Crippen LogP contribution in [0.2, 0.25) is 0 Å². The summed E-state index contributed by atoms with van der Waals surface area (Å²) in [6, 6.07) is 8.51. The molecule has 190 valence electrons. The quantitative estimate of drug-likeness (QED) is 0.272. The highest BCUT2D eigenvalue weighted by Crippen LogP contribution is 2.43. The van der Waals surface area contributed by atoms with Gasteiger partial charge in [0.15, 0.2) is 10.7 Å². The number of thiazole rings is 1. The van der Waals surface area contributed by atoms with Gasteiger partial charge in [0, 0.05) is 22.6 Å². The molecule has 0 bridgehead atoms. The lowest BCUT2D eigenvalue weighted by molar-refractivity contribution is 0.521. The van der Waals surface area contributed by atoms with Crippen LogP contribution in [0.3, 0.4) is 0 Å². The number of rotatable bonds is 5. The minimum Gasteiger partial charge on any atom is -0.346 e. The van der Waals surface area contributed by atoms with E-state index in [0.717, 1.165) is 18.2 Å². The molecule has 0 radical (unpaired) electrons. The molecule has 3 aromatic heterocycles. The highest BCUT2D eigenvalue weighted by molar-refractivity contribution is 7.92. The summed E-state index contributed by atoms with van der Waals surface area (Å²) in [4.78, 5) is 15.7. The Hall–Kier alpha value is -3.77. The number of halogens is 3. The van der Waals surface area contributed by atoms with E-state index in [1.165, 1.54) is 35.9 Å². The van der Waals surface area contributed by atoms with E-state index in [4.69, 9.17) is 4.98 Å². The Kier molecular flexibility index (Phi) is 6.03. The predicted molar refractivity (Wildman–Crippen MR) is 136 cm³/mol. The second kappa shape index (κ2) is 8.96. The van der Waals surface area contributed by atoms with Gasteiger partial charge in [-0.2, -0.15) is 0 Å². The number of sulfonamides is 1. The third-order valence-electron chi connectivity index (χ3n) is 5.52. The molecule has 0 fully saturated rings. The van der Waals surface area contributed by atoms with Crippen LogP contribution >= 0.6 is 11.3 Å². The number of hydrogen-bond donors (Lipinski definition) is 2. The smallest absolute Gasteiger partial charge is 0.267 e. The Morgan fingerprint density at radius 2 is 1.65 bits per heavy atom. The van der Waals surface area contributed by atoms with Gasteiger partial charge in [-0.15, -0.1) is 11.3 Å². The molecule has 2 aromatic carbocycles. The molecule has 0 unspecified atom stereocenters. The van der Waals surface area contributed by atoms with Gasteiger partial charge in [-0.05, 0) is 30.3 Å². The van der Waals surface area contributed by atoms with Crippen LogP contribution in [0.25, 0.3) is 32.9 Å². The minimum absolute atomic E-state index is 0.00162. The predicted octanol–water partition coefficient (Wildman–Crippen LogP) is 6.26. The normalized spacial score (nSPS) is 12.3. The van der Waals surface area contributed by atoms with Crippen LogP contribution in [-0.2, 0) is 15.4 Å². The molecule has 0 aliphatic carbocycles. The van der Waals surface area contributed by atoms with Crippen LogP contribution in [0.4, 0.5) is 18.9 Å². The lowest BCUT2D eigenvalue weighted by Crippen LogP contribution is -2.17. The Morgan fingerprint density at radius 1 is 0.946 bits per heavy atom. The van der Waals surface area contributed by atoms with Crippen LogP contribution in [0.5, 0.6) is 0 Å². The number of aromatic amines is 1. The first-order chi connectivity index (χ1) is 17.5. The van der Waals surface area contributed by atoms with Gasteiger partial charge in [0.1, 0.15) is 23.6 Å². The Balaban J connectivity index is 1.67. The Bertz CT molecular complexity index is 1740. The van der Waals surface area contributed by atoms with Gasteiger partial charge in [0.05, 0.1) is 27.0 Å². The van der Waals surface area contributed by atoms with Crippen molar-refractivity contribution in [2.24, 2.45) is 0 Å². The van der Waals surface area contributed by atoms with E-state index in [9.17, 15) is 17.2 Å². The van der Waals surface area contributed by atoms with E-state index in [2.05, 4.69) is 15.0 Å². The fourth-order valence-electron chi connectivity index (χ4n) is 3.77. The summed E-state index contributed by atoms with van der Waals surface area (Å²) < 4.78 is 71.8. The number of nitrogens with zero attached hydrogens (tertiary/aromatic N) is 3. The van der Waals surface area contributed by atoms with Crippen molar-refractivity contribution in [1.29, 1.82) is 0 Å². The van der Waals surface area contributed by atoms with Crippen LogP contribution in [0.1, 0.15) is 25.8 Å². The first-order valence-electron chi connectivity index (χ1n) is 11.0. The zero-order valence-electron chi connectivity index (χ0n) is 19.8. The first kappa shape index (κ1) is 24.9. The van der Waals surface area contributed by atoms with Gasteiger partial charge in [-0.3, -0.25) is 4.72 Å². The molecule has 0 atom stereocenters. The summed E-state index contributed by atoms with van der Waals surface area (Å²) in [5.74, 6) is -3.53. The molecule has 5 rings (SSSR count). The number of hydrogen-bond acceptors (Lipinski definition) is 6. The summed E-state index contributed by atoms with van der Waals surface area (Å²) in [5, 5.41) is 1.42. The maximum atomic E-state index is 15.9. The number of H-pyrrole nitrogens is 1. The van der Waals surface area contributed by atoms with E-state index in [1.54, 1.807) is 12.3 Å². The molecular weight excluding hydrogens is 523 g/mol. The average Bonchev–Trinajstić information content (AvgIpc) is 3.47. The zero-order chi connectivity index (χ0) is 26.5. The summed E-state index contributed by atoms with van der Waals surface area (Å²) in [6.07, 6.45) is 3.10. The molecule has 12 heteroatoms. The largest absolute Gasteiger partial charge is 0.346 e. The highest BCUT2D eigenvalue weighted by Gasteiger charge is 2.29. The molecule has 7 nitrogen and oxygen atoms in total. The second-order valence-corrected chi connectivity index (χ2v) is 11.9. The molecule has 0 spiro atoms. The maximum absolute atomic E-state index is 15.9. The molecular formula is C25H20F3N5O2S2. The maximum Gasteiger partial charge on any atom is 0.267 e. The molecule has 0 amide bonds. The fourth-order valence-corrected chi connectivity index (χ4v) is 6.11. The number of fused-ring (bicyclic) bond motifs is 1. The van der Waals surface area contributed by atoms with Crippen molar-refractivity contribution in [3.63, 3.8) is 0 Å². The van der Waals surface area contributed by atoms with Gasteiger partial charge in [-0.1, -0.05) is 32.9 Å². The first-order valence-corrected chi connectivity index (χ1v) is 13.3. The van der Waals surface area contributed by atoms with E-state index in [-0.39, 0.29) is 16.7 Å². The van der Waals surface area contributed by atoms with Crippen LogP contribution in [0, 0.1) is 17.5 Å². The molecule has 3 heterocycles. The van der Waals surface area contributed by atoms with Crippen LogP contribution in [-0.4, -0.2) is 28.4 Å².